The molecular formula is C22H20ClN5O3S. The molecule has 0 saturated carbocycles. The zero-order valence-corrected chi connectivity index (χ0v) is 18.9. The quantitative estimate of drug-likeness (QED) is 0.321. The first kappa shape index (κ1) is 21.9. The van der Waals surface area contributed by atoms with Gasteiger partial charge in [0.1, 0.15) is 17.7 Å². The summed E-state index contributed by atoms with van der Waals surface area (Å²) >= 11 is 7.84. The molecule has 10 heteroatoms. The van der Waals surface area contributed by atoms with Crippen molar-refractivity contribution in [1.29, 1.82) is 0 Å². The summed E-state index contributed by atoms with van der Waals surface area (Å²) in [7, 11) is 0. The van der Waals surface area contributed by atoms with Gasteiger partial charge in [0.15, 0.2) is 5.76 Å². The van der Waals surface area contributed by atoms with Crippen molar-refractivity contribution in [3.05, 3.63) is 76.7 Å². The SMILES string of the molecule is Cc1noc(-c2cccc(CSc3nc[nH]n3)c2)c1N(C(=O)O)C(C)c1ccccc1Cl. The van der Waals surface area contributed by atoms with E-state index in [1.807, 2.05) is 42.5 Å². The highest BCUT2D eigenvalue weighted by atomic mass is 35.5. The average Bonchev–Trinajstić information content (AvgIpc) is 3.43. The molecule has 0 spiro atoms. The number of hydrogen-bond acceptors (Lipinski definition) is 6. The smallest absolute Gasteiger partial charge is 0.412 e. The fourth-order valence-electron chi connectivity index (χ4n) is 3.46. The van der Waals surface area contributed by atoms with Gasteiger partial charge in [-0.1, -0.05) is 64.9 Å². The number of nitrogens with zero attached hydrogens (tertiary/aromatic N) is 4. The minimum Gasteiger partial charge on any atom is -0.465 e. The molecule has 0 bridgehead atoms. The van der Waals surface area contributed by atoms with Crippen molar-refractivity contribution in [2.75, 3.05) is 4.90 Å². The van der Waals surface area contributed by atoms with Gasteiger partial charge in [-0.05, 0) is 37.1 Å². The lowest BCUT2D eigenvalue weighted by Crippen LogP contribution is -2.33. The molecule has 164 valence electrons. The van der Waals surface area contributed by atoms with Gasteiger partial charge in [0.05, 0.1) is 6.04 Å². The van der Waals surface area contributed by atoms with Crippen LogP contribution in [0.2, 0.25) is 5.02 Å². The van der Waals surface area contributed by atoms with Gasteiger partial charge in [0.2, 0.25) is 5.16 Å². The van der Waals surface area contributed by atoms with Crippen molar-refractivity contribution in [1.82, 2.24) is 20.3 Å². The molecule has 8 nitrogen and oxygen atoms in total. The molecule has 0 aliphatic heterocycles. The van der Waals surface area contributed by atoms with E-state index >= 15 is 0 Å². The summed E-state index contributed by atoms with van der Waals surface area (Å²) in [6.45, 7) is 3.51. The Kier molecular flexibility index (Phi) is 6.48. The number of aromatic amines is 1. The van der Waals surface area contributed by atoms with Gasteiger partial charge in [-0.3, -0.25) is 10.00 Å². The van der Waals surface area contributed by atoms with E-state index < -0.39 is 12.1 Å². The van der Waals surface area contributed by atoms with E-state index in [1.165, 1.54) is 23.0 Å². The highest BCUT2D eigenvalue weighted by Crippen LogP contribution is 2.40. The van der Waals surface area contributed by atoms with E-state index in [0.717, 1.165) is 11.1 Å². The van der Waals surface area contributed by atoms with Gasteiger partial charge in [-0.2, -0.15) is 0 Å². The maximum atomic E-state index is 12.4. The van der Waals surface area contributed by atoms with Crippen LogP contribution in [0, 0.1) is 6.92 Å². The first-order chi connectivity index (χ1) is 15.5. The van der Waals surface area contributed by atoms with Crippen molar-refractivity contribution < 1.29 is 14.4 Å². The Morgan fingerprint density at radius 1 is 1.28 bits per heavy atom. The van der Waals surface area contributed by atoms with E-state index in [4.69, 9.17) is 16.1 Å². The molecule has 4 aromatic rings. The normalized spacial score (nSPS) is 12.0. The summed E-state index contributed by atoms with van der Waals surface area (Å²) in [6, 6.07) is 14.3. The number of halogens is 1. The Morgan fingerprint density at radius 3 is 2.81 bits per heavy atom. The van der Waals surface area contributed by atoms with E-state index in [0.29, 0.717) is 38.6 Å². The molecule has 2 aromatic carbocycles. The molecule has 0 radical (unpaired) electrons. The molecule has 2 N–H and O–H groups in total. The van der Waals surface area contributed by atoms with Gasteiger partial charge in [0.25, 0.3) is 0 Å². The minimum absolute atomic E-state index is 0.383. The number of amides is 1. The van der Waals surface area contributed by atoms with Gasteiger partial charge in [-0.15, -0.1) is 5.10 Å². The number of anilines is 1. The van der Waals surface area contributed by atoms with Crippen molar-refractivity contribution in [3.63, 3.8) is 0 Å². The number of rotatable bonds is 7. The zero-order chi connectivity index (χ0) is 22.7. The van der Waals surface area contributed by atoms with Crippen LogP contribution >= 0.6 is 23.4 Å². The molecule has 0 saturated heterocycles. The first-order valence-corrected chi connectivity index (χ1v) is 11.1. The third kappa shape index (κ3) is 4.49. The third-order valence-electron chi connectivity index (χ3n) is 4.97. The van der Waals surface area contributed by atoms with E-state index in [9.17, 15) is 9.90 Å². The Bertz CT molecular complexity index is 1230. The van der Waals surface area contributed by atoms with Crippen molar-refractivity contribution in [2.45, 2.75) is 30.8 Å². The molecule has 1 unspecified atom stereocenters. The molecule has 1 atom stereocenters. The molecule has 4 rings (SSSR count). The number of thioether (sulfide) groups is 1. The first-order valence-electron chi connectivity index (χ1n) is 9.76. The van der Waals surface area contributed by atoms with Crippen LogP contribution in [0.1, 0.15) is 29.8 Å². The highest BCUT2D eigenvalue weighted by molar-refractivity contribution is 7.98. The highest BCUT2D eigenvalue weighted by Gasteiger charge is 2.31. The number of benzene rings is 2. The molecular weight excluding hydrogens is 450 g/mol. The van der Waals surface area contributed by atoms with Crippen LogP contribution < -0.4 is 4.90 Å². The second-order valence-electron chi connectivity index (χ2n) is 7.07. The van der Waals surface area contributed by atoms with E-state index in [1.54, 1.807) is 19.9 Å². The lowest BCUT2D eigenvalue weighted by molar-refractivity contribution is 0.199. The largest absolute Gasteiger partial charge is 0.465 e. The fourth-order valence-corrected chi connectivity index (χ4v) is 4.48. The van der Waals surface area contributed by atoms with Crippen molar-refractivity contribution in [2.24, 2.45) is 0 Å². The Labute approximate surface area is 193 Å². The summed E-state index contributed by atoms with van der Waals surface area (Å²) in [4.78, 5) is 17.7. The van der Waals surface area contributed by atoms with Gasteiger partial charge < -0.3 is 9.63 Å². The van der Waals surface area contributed by atoms with Crippen LogP contribution in [-0.4, -0.2) is 31.5 Å². The molecule has 1 amide bonds. The lowest BCUT2D eigenvalue weighted by atomic mass is 10.0. The van der Waals surface area contributed by atoms with E-state index in [2.05, 4.69) is 20.3 Å². The molecule has 0 aliphatic rings. The zero-order valence-electron chi connectivity index (χ0n) is 17.3. The Hall–Kier alpha value is -3.30. The summed E-state index contributed by atoms with van der Waals surface area (Å²) < 4.78 is 5.61. The lowest BCUT2D eigenvalue weighted by Gasteiger charge is -2.27. The maximum absolute atomic E-state index is 12.4. The molecule has 2 heterocycles. The number of carbonyl (C=O) groups is 1. The second-order valence-corrected chi connectivity index (χ2v) is 8.42. The topological polar surface area (TPSA) is 108 Å². The summed E-state index contributed by atoms with van der Waals surface area (Å²) in [5.41, 5.74) is 3.30. The number of aryl methyl sites for hydroxylation is 1. The average molecular weight is 470 g/mol. The third-order valence-corrected chi connectivity index (χ3v) is 6.25. The molecule has 32 heavy (non-hydrogen) atoms. The van der Waals surface area contributed by atoms with Crippen LogP contribution in [0.5, 0.6) is 0 Å². The van der Waals surface area contributed by atoms with Crippen LogP contribution in [0.3, 0.4) is 0 Å². The molecule has 0 fully saturated rings. The number of nitrogens with one attached hydrogen (secondary N) is 1. The number of hydrogen-bond donors (Lipinski definition) is 2. The standard InChI is InChI=1S/C22H20ClN5O3S/c1-13-19(28(22(29)30)14(2)17-8-3-4-9-18(17)23)20(31-27-13)16-7-5-6-15(10-16)11-32-21-24-12-25-26-21/h3-10,12,14H,11H2,1-2H3,(H,29,30)(H,24,25,26). The fraction of sp³-hybridized carbons (Fsp3) is 0.182. The van der Waals surface area contributed by atoms with Crippen LogP contribution in [0.4, 0.5) is 10.5 Å². The second kappa shape index (κ2) is 9.46. The van der Waals surface area contributed by atoms with Crippen LogP contribution in [-0.2, 0) is 5.75 Å². The molecule has 2 aromatic heterocycles. The predicted octanol–water partition coefficient (Wildman–Crippen LogP) is 5.96. The summed E-state index contributed by atoms with van der Waals surface area (Å²) in [5.74, 6) is 1.03. The van der Waals surface area contributed by atoms with E-state index in [-0.39, 0.29) is 0 Å². The van der Waals surface area contributed by atoms with Gasteiger partial charge in [0, 0.05) is 16.3 Å². The van der Waals surface area contributed by atoms with Crippen LogP contribution in [0.25, 0.3) is 11.3 Å². The van der Waals surface area contributed by atoms with Crippen LogP contribution in [0.15, 0.2) is 64.5 Å². The monoisotopic (exact) mass is 469 g/mol. The van der Waals surface area contributed by atoms with Gasteiger partial charge >= 0.3 is 6.09 Å². The summed E-state index contributed by atoms with van der Waals surface area (Å²) in [5, 5.41) is 22.0. The van der Waals surface area contributed by atoms with Gasteiger partial charge in [-0.25, -0.2) is 9.78 Å². The predicted molar refractivity (Wildman–Crippen MR) is 123 cm³/mol. The Morgan fingerprint density at radius 2 is 2.09 bits per heavy atom. The minimum atomic E-state index is -1.12. The maximum Gasteiger partial charge on any atom is 0.412 e. The number of aromatic nitrogens is 4. The summed E-state index contributed by atoms with van der Waals surface area (Å²) in [6.07, 6.45) is 0.407. The van der Waals surface area contributed by atoms with Crippen molar-refractivity contribution in [3.8, 4) is 11.3 Å². The number of H-pyrrole nitrogens is 1. The molecule has 0 aliphatic carbocycles. The van der Waals surface area contributed by atoms with Crippen molar-refractivity contribution >= 4 is 35.1 Å². The Balaban J connectivity index is 1.70. The number of carboxylic acid groups (broad SMARTS) is 1.